The van der Waals surface area contributed by atoms with Crippen molar-refractivity contribution in [2.45, 2.75) is 103 Å². The molecule has 0 radical (unpaired) electrons. The van der Waals surface area contributed by atoms with Gasteiger partial charge in [0.1, 0.15) is 6.72 Å². The van der Waals surface area contributed by atoms with Crippen LogP contribution in [0.1, 0.15) is 103 Å². The first-order valence-corrected chi connectivity index (χ1v) is 14.7. The SMILES string of the molecule is CCC1CC1CC1CC1CC1CC1CCCCCCCCCCOP([O-])(O)=S. The summed E-state index contributed by atoms with van der Waals surface area (Å²) < 4.78 is 4.71. The molecule has 28 heavy (non-hydrogen) atoms. The van der Waals surface area contributed by atoms with Gasteiger partial charge in [0, 0.05) is 0 Å². The van der Waals surface area contributed by atoms with E-state index in [0.29, 0.717) is 6.61 Å². The third kappa shape index (κ3) is 9.13. The Kier molecular flexibility index (Phi) is 9.31. The van der Waals surface area contributed by atoms with E-state index in [-0.39, 0.29) is 0 Å². The van der Waals surface area contributed by atoms with E-state index >= 15 is 0 Å². The topological polar surface area (TPSA) is 52.5 Å². The highest BCUT2D eigenvalue weighted by atomic mass is 32.5. The van der Waals surface area contributed by atoms with E-state index in [1.54, 1.807) is 25.7 Å². The highest BCUT2D eigenvalue weighted by molar-refractivity contribution is 8.06. The lowest BCUT2D eigenvalue weighted by molar-refractivity contribution is -0.201. The van der Waals surface area contributed by atoms with Gasteiger partial charge in [-0.05, 0) is 74.0 Å². The number of rotatable bonds is 17. The van der Waals surface area contributed by atoms with Gasteiger partial charge in [-0.1, -0.05) is 76.5 Å². The van der Waals surface area contributed by atoms with E-state index in [2.05, 4.69) is 18.7 Å². The van der Waals surface area contributed by atoms with Crippen LogP contribution in [0.5, 0.6) is 0 Å². The zero-order valence-electron chi connectivity index (χ0n) is 17.9. The van der Waals surface area contributed by atoms with Crippen LogP contribution < -0.4 is 4.89 Å². The van der Waals surface area contributed by atoms with Crippen molar-refractivity contribution in [1.82, 2.24) is 0 Å². The minimum atomic E-state index is -3.68. The van der Waals surface area contributed by atoms with Crippen LogP contribution in [0.4, 0.5) is 0 Å². The zero-order chi connectivity index (χ0) is 20.0. The quantitative estimate of drug-likeness (QED) is 0.221. The summed E-state index contributed by atoms with van der Waals surface area (Å²) in [7, 11) is 0. The Morgan fingerprint density at radius 3 is 1.82 bits per heavy atom. The van der Waals surface area contributed by atoms with Crippen LogP contribution in [-0.4, -0.2) is 11.5 Å². The van der Waals surface area contributed by atoms with Gasteiger partial charge in [0.2, 0.25) is 0 Å². The van der Waals surface area contributed by atoms with E-state index in [0.717, 1.165) is 48.3 Å². The van der Waals surface area contributed by atoms with Crippen molar-refractivity contribution in [3.8, 4) is 0 Å². The molecule has 3 aliphatic rings. The lowest BCUT2D eigenvalue weighted by Crippen LogP contribution is -2.03. The molecule has 0 bridgehead atoms. The maximum atomic E-state index is 10.8. The van der Waals surface area contributed by atoms with Crippen molar-refractivity contribution in [2.75, 3.05) is 6.61 Å². The maximum absolute atomic E-state index is 10.8. The Bertz CT molecular complexity index is 508. The molecule has 7 unspecified atom stereocenters. The standard InChI is InChI=1S/C23H43O3PS/c1-2-18-13-20(18)15-22-17-23(22)16-21-14-19(21)11-9-7-5-3-4-6-8-10-12-26-27(24,25)28/h18-23H,2-17H2,1H3,(H2,24,25,28)/p-1. The van der Waals surface area contributed by atoms with Gasteiger partial charge in [0.15, 0.2) is 0 Å². The number of hydrogen-bond donors (Lipinski definition) is 1. The summed E-state index contributed by atoms with van der Waals surface area (Å²) in [6.45, 7) is -0.994. The predicted molar refractivity (Wildman–Crippen MR) is 118 cm³/mol. The van der Waals surface area contributed by atoms with Crippen molar-refractivity contribution >= 4 is 18.5 Å². The summed E-state index contributed by atoms with van der Waals surface area (Å²) in [4.78, 5) is 19.7. The summed E-state index contributed by atoms with van der Waals surface area (Å²) >= 11 is 4.32. The first-order valence-electron chi connectivity index (χ1n) is 12.1. The normalized spacial score (nSPS) is 35.5. The molecule has 0 spiro atoms. The molecular formula is C23H42O3PS-. The third-order valence-corrected chi connectivity index (χ3v) is 8.49. The molecule has 0 aromatic rings. The van der Waals surface area contributed by atoms with Gasteiger partial charge in [0.25, 0.3) is 0 Å². The van der Waals surface area contributed by atoms with Crippen LogP contribution in [0.3, 0.4) is 0 Å². The van der Waals surface area contributed by atoms with E-state index in [1.165, 1.54) is 57.8 Å². The fraction of sp³-hybridized carbons (Fsp3) is 1.00. The largest absolute Gasteiger partial charge is 0.780 e. The van der Waals surface area contributed by atoms with Crippen molar-refractivity contribution in [3.05, 3.63) is 0 Å². The van der Waals surface area contributed by atoms with Crippen LogP contribution in [0.25, 0.3) is 0 Å². The summed E-state index contributed by atoms with van der Waals surface area (Å²) in [5, 5.41) is 0. The Labute approximate surface area is 178 Å². The van der Waals surface area contributed by atoms with Gasteiger partial charge in [-0.25, -0.2) is 0 Å². The molecule has 3 saturated carbocycles. The number of hydrogen-bond acceptors (Lipinski definition) is 3. The Balaban J connectivity index is 1.05. The second kappa shape index (κ2) is 11.2. The lowest BCUT2D eigenvalue weighted by atomic mass is 10.0. The van der Waals surface area contributed by atoms with Crippen LogP contribution in [-0.2, 0) is 16.3 Å². The van der Waals surface area contributed by atoms with Gasteiger partial charge in [-0.15, -0.1) is 0 Å². The molecule has 0 heterocycles. The molecule has 5 heteroatoms. The molecule has 0 aromatic heterocycles. The molecule has 3 nitrogen and oxygen atoms in total. The molecule has 1 N–H and O–H groups in total. The van der Waals surface area contributed by atoms with Crippen LogP contribution in [0, 0.1) is 35.5 Å². The summed E-state index contributed by atoms with van der Waals surface area (Å²) in [5.41, 5.74) is 0. The third-order valence-electron chi connectivity index (χ3n) is 7.67. The van der Waals surface area contributed by atoms with Crippen molar-refractivity contribution in [3.63, 3.8) is 0 Å². The van der Waals surface area contributed by atoms with Crippen molar-refractivity contribution in [2.24, 2.45) is 35.5 Å². The summed E-state index contributed by atoms with van der Waals surface area (Å²) in [6.07, 6.45) is 20.6. The van der Waals surface area contributed by atoms with Crippen LogP contribution in [0.15, 0.2) is 0 Å². The van der Waals surface area contributed by atoms with Gasteiger partial charge < -0.3 is 14.3 Å². The van der Waals surface area contributed by atoms with Crippen LogP contribution >= 0.6 is 6.72 Å². The lowest BCUT2D eigenvalue weighted by Gasteiger charge is -2.19. The van der Waals surface area contributed by atoms with Gasteiger partial charge in [-0.3, -0.25) is 0 Å². The fourth-order valence-corrected chi connectivity index (χ4v) is 6.05. The summed E-state index contributed by atoms with van der Waals surface area (Å²) in [5.74, 6) is 6.64. The molecule has 0 aliphatic heterocycles. The highest BCUT2D eigenvalue weighted by Crippen LogP contribution is 2.58. The molecular weight excluding hydrogens is 387 g/mol. The second-order valence-electron chi connectivity index (χ2n) is 10.1. The zero-order valence-corrected chi connectivity index (χ0v) is 19.6. The number of unbranched alkanes of at least 4 members (excludes halogenated alkanes) is 7. The Hall–Kier alpha value is 0.530. The van der Waals surface area contributed by atoms with E-state index in [1.807, 2.05) is 0 Å². The monoisotopic (exact) mass is 429 g/mol. The Morgan fingerprint density at radius 1 is 0.786 bits per heavy atom. The summed E-state index contributed by atoms with van der Waals surface area (Å²) in [6, 6.07) is 0. The molecule has 0 saturated heterocycles. The smallest absolute Gasteiger partial charge is 0.112 e. The first-order chi connectivity index (χ1) is 13.5. The predicted octanol–water partition coefficient (Wildman–Crippen LogP) is 6.19. The second-order valence-corrected chi connectivity index (χ2v) is 12.6. The minimum absolute atomic E-state index is 0.321. The van der Waals surface area contributed by atoms with E-state index in [9.17, 15) is 4.89 Å². The molecule has 3 fully saturated rings. The van der Waals surface area contributed by atoms with Gasteiger partial charge >= 0.3 is 0 Å². The molecule has 3 rings (SSSR count). The highest BCUT2D eigenvalue weighted by Gasteiger charge is 2.48. The average Bonchev–Trinajstić information content (AvgIpc) is 3.53. The fourth-order valence-electron chi connectivity index (χ4n) is 5.47. The molecule has 0 amide bonds. The molecule has 3 aliphatic carbocycles. The van der Waals surface area contributed by atoms with Gasteiger partial charge in [0.05, 0.1) is 6.61 Å². The van der Waals surface area contributed by atoms with Crippen molar-refractivity contribution in [1.29, 1.82) is 0 Å². The molecule has 7 atom stereocenters. The van der Waals surface area contributed by atoms with E-state index in [4.69, 9.17) is 9.42 Å². The van der Waals surface area contributed by atoms with Gasteiger partial charge in [-0.2, -0.15) is 0 Å². The maximum Gasteiger partial charge on any atom is 0.112 e. The average molecular weight is 430 g/mol. The van der Waals surface area contributed by atoms with E-state index < -0.39 is 6.72 Å². The van der Waals surface area contributed by atoms with Crippen molar-refractivity contribution < 1.29 is 14.3 Å². The molecule has 164 valence electrons. The minimum Gasteiger partial charge on any atom is -0.780 e. The Morgan fingerprint density at radius 2 is 1.25 bits per heavy atom. The first kappa shape index (κ1) is 23.2. The van der Waals surface area contributed by atoms with Crippen LogP contribution in [0.2, 0.25) is 0 Å². The molecule has 0 aromatic carbocycles.